The topological polar surface area (TPSA) is 92.6 Å². The van der Waals surface area contributed by atoms with Gasteiger partial charge in [0.2, 0.25) is 0 Å². The molecule has 0 aliphatic carbocycles. The number of aliphatic hydroxyl groups is 1. The zero-order valence-electron chi connectivity index (χ0n) is 11.7. The minimum absolute atomic E-state index is 0.0121. The van der Waals surface area contributed by atoms with E-state index in [0.29, 0.717) is 11.5 Å². The van der Waals surface area contributed by atoms with Gasteiger partial charge in [0.15, 0.2) is 0 Å². The second-order valence-corrected chi connectivity index (χ2v) is 5.46. The predicted octanol–water partition coefficient (Wildman–Crippen LogP) is 1.82. The van der Waals surface area contributed by atoms with Gasteiger partial charge in [0.05, 0.1) is 17.6 Å². The van der Waals surface area contributed by atoms with Gasteiger partial charge in [-0.2, -0.15) is 0 Å². The van der Waals surface area contributed by atoms with Crippen LogP contribution in [0.4, 0.5) is 11.4 Å². The number of non-ortho nitro benzene ring substituents is 1. The lowest BCUT2D eigenvalue weighted by Crippen LogP contribution is -2.34. The molecule has 0 bridgehead atoms. The van der Waals surface area contributed by atoms with E-state index in [-0.39, 0.29) is 12.3 Å². The van der Waals surface area contributed by atoms with Crippen LogP contribution in [0.15, 0.2) is 18.2 Å². The smallest absolute Gasteiger partial charge is 0.269 e. The van der Waals surface area contributed by atoms with Crippen molar-refractivity contribution >= 4 is 11.4 Å². The minimum atomic E-state index is -0.593. The van der Waals surface area contributed by atoms with E-state index in [1.165, 1.54) is 12.1 Å². The fraction of sp³-hybridized carbons (Fsp3) is 0.571. The maximum Gasteiger partial charge on any atom is 0.269 e. The second-order valence-electron chi connectivity index (χ2n) is 5.46. The Kier molecular flexibility index (Phi) is 4.57. The van der Waals surface area contributed by atoms with Gasteiger partial charge < -0.3 is 15.7 Å². The molecule has 6 nitrogen and oxygen atoms in total. The Morgan fingerprint density at radius 2 is 2.15 bits per heavy atom. The molecule has 0 amide bonds. The summed E-state index contributed by atoms with van der Waals surface area (Å²) in [5.74, 6) is 0.708. The average molecular weight is 279 g/mol. The van der Waals surface area contributed by atoms with E-state index in [1.54, 1.807) is 6.07 Å². The molecule has 110 valence electrons. The molecule has 3 N–H and O–H groups in total. The van der Waals surface area contributed by atoms with Crippen molar-refractivity contribution in [2.45, 2.75) is 25.8 Å². The lowest BCUT2D eigenvalue weighted by atomic mass is 9.96. The fourth-order valence-electron chi connectivity index (χ4n) is 2.59. The molecule has 2 rings (SSSR count). The third kappa shape index (κ3) is 3.08. The van der Waals surface area contributed by atoms with Crippen LogP contribution in [0, 0.1) is 16.0 Å². The van der Waals surface area contributed by atoms with Gasteiger partial charge in [0, 0.05) is 36.5 Å². The third-order valence-electron chi connectivity index (χ3n) is 3.94. The van der Waals surface area contributed by atoms with Crippen LogP contribution >= 0.6 is 0 Å². The Bertz CT molecular complexity index is 485. The molecule has 1 saturated heterocycles. The monoisotopic (exact) mass is 279 g/mol. The van der Waals surface area contributed by atoms with Crippen molar-refractivity contribution in [3.8, 4) is 0 Å². The maximum absolute atomic E-state index is 10.9. The van der Waals surface area contributed by atoms with Crippen molar-refractivity contribution in [1.82, 2.24) is 0 Å². The van der Waals surface area contributed by atoms with Crippen LogP contribution in [0.25, 0.3) is 0 Å². The van der Waals surface area contributed by atoms with Gasteiger partial charge in [0.25, 0.3) is 5.69 Å². The number of benzene rings is 1. The minimum Gasteiger partial charge on any atom is -0.394 e. The molecule has 0 radical (unpaired) electrons. The predicted molar refractivity (Wildman–Crippen MR) is 77.7 cm³/mol. The van der Waals surface area contributed by atoms with Crippen molar-refractivity contribution in [2.24, 2.45) is 11.7 Å². The highest BCUT2D eigenvalue weighted by Crippen LogP contribution is 2.32. The molecule has 1 heterocycles. The Labute approximate surface area is 118 Å². The summed E-state index contributed by atoms with van der Waals surface area (Å²) in [6.07, 6.45) is 2.20. The van der Waals surface area contributed by atoms with Gasteiger partial charge in [-0.1, -0.05) is 6.92 Å². The van der Waals surface area contributed by atoms with E-state index in [0.717, 1.165) is 31.6 Å². The largest absolute Gasteiger partial charge is 0.394 e. The first-order chi connectivity index (χ1) is 9.52. The van der Waals surface area contributed by atoms with Crippen LogP contribution in [0.5, 0.6) is 0 Å². The molecule has 1 aliphatic rings. The van der Waals surface area contributed by atoms with Gasteiger partial charge in [-0.05, 0) is 24.8 Å². The highest BCUT2D eigenvalue weighted by molar-refractivity contribution is 5.59. The molecule has 0 spiro atoms. The van der Waals surface area contributed by atoms with Crippen LogP contribution in [-0.2, 0) is 0 Å². The molecule has 1 aliphatic heterocycles. The third-order valence-corrected chi connectivity index (χ3v) is 3.94. The first-order valence-corrected chi connectivity index (χ1v) is 6.92. The number of nitrogens with two attached hydrogens (primary N) is 1. The molecule has 0 unspecified atom stereocenters. The number of anilines is 1. The van der Waals surface area contributed by atoms with E-state index in [1.807, 2.05) is 0 Å². The van der Waals surface area contributed by atoms with E-state index in [4.69, 9.17) is 5.73 Å². The van der Waals surface area contributed by atoms with E-state index in [2.05, 4.69) is 11.8 Å². The van der Waals surface area contributed by atoms with E-state index < -0.39 is 11.0 Å². The lowest BCUT2D eigenvalue weighted by Gasteiger charge is -2.34. The standard InChI is InChI=1S/C14H21N3O3/c1-10-4-6-16(7-5-10)14-3-2-11(17(19)20)8-12(14)13(15)9-18/h2-3,8,10,13,18H,4-7,9,15H2,1H3/t13-/m0/s1. The van der Waals surface area contributed by atoms with Crippen molar-refractivity contribution in [3.05, 3.63) is 33.9 Å². The van der Waals surface area contributed by atoms with Gasteiger partial charge in [0.1, 0.15) is 0 Å². The summed E-state index contributed by atoms with van der Waals surface area (Å²) >= 11 is 0. The molecule has 6 heteroatoms. The second kappa shape index (κ2) is 6.19. The molecule has 1 atom stereocenters. The molecule has 0 saturated carbocycles. The van der Waals surface area contributed by atoms with Crippen molar-refractivity contribution < 1.29 is 10.0 Å². The van der Waals surface area contributed by atoms with Crippen LogP contribution in [0.2, 0.25) is 0 Å². The molecule has 1 aromatic rings. The average Bonchev–Trinajstić information content (AvgIpc) is 2.46. The molecule has 0 aromatic heterocycles. The Balaban J connectivity index is 2.33. The first-order valence-electron chi connectivity index (χ1n) is 6.92. The Hall–Kier alpha value is -1.66. The quantitative estimate of drug-likeness (QED) is 0.648. The Morgan fingerprint density at radius 1 is 1.50 bits per heavy atom. The van der Waals surface area contributed by atoms with Crippen molar-refractivity contribution in [2.75, 3.05) is 24.6 Å². The SMILES string of the molecule is CC1CCN(c2ccc([N+](=O)[O-])cc2[C@@H](N)CO)CC1. The number of nitrogens with zero attached hydrogens (tertiary/aromatic N) is 2. The zero-order valence-corrected chi connectivity index (χ0v) is 11.7. The number of hydrogen-bond acceptors (Lipinski definition) is 5. The molecule has 20 heavy (non-hydrogen) atoms. The number of aliphatic hydroxyl groups excluding tert-OH is 1. The van der Waals surface area contributed by atoms with Crippen LogP contribution in [-0.4, -0.2) is 29.7 Å². The maximum atomic E-state index is 10.9. The van der Waals surface area contributed by atoms with Gasteiger partial charge >= 0.3 is 0 Å². The summed E-state index contributed by atoms with van der Waals surface area (Å²) < 4.78 is 0. The molecule has 1 fully saturated rings. The van der Waals surface area contributed by atoms with E-state index in [9.17, 15) is 15.2 Å². The molecular weight excluding hydrogens is 258 g/mol. The van der Waals surface area contributed by atoms with Gasteiger partial charge in [-0.15, -0.1) is 0 Å². The zero-order chi connectivity index (χ0) is 14.7. The van der Waals surface area contributed by atoms with Crippen molar-refractivity contribution in [3.63, 3.8) is 0 Å². The van der Waals surface area contributed by atoms with Crippen LogP contribution in [0.3, 0.4) is 0 Å². The number of nitro groups is 1. The summed E-state index contributed by atoms with van der Waals surface area (Å²) in [5.41, 5.74) is 7.47. The first kappa shape index (κ1) is 14.7. The number of piperidine rings is 1. The van der Waals surface area contributed by atoms with Crippen LogP contribution in [0.1, 0.15) is 31.4 Å². The van der Waals surface area contributed by atoms with Gasteiger partial charge in [-0.25, -0.2) is 0 Å². The van der Waals surface area contributed by atoms with Crippen LogP contribution < -0.4 is 10.6 Å². The summed E-state index contributed by atoms with van der Waals surface area (Å²) in [7, 11) is 0. The van der Waals surface area contributed by atoms with Gasteiger partial charge in [-0.3, -0.25) is 10.1 Å². The highest BCUT2D eigenvalue weighted by atomic mass is 16.6. The number of rotatable bonds is 4. The highest BCUT2D eigenvalue weighted by Gasteiger charge is 2.22. The lowest BCUT2D eigenvalue weighted by molar-refractivity contribution is -0.384. The Morgan fingerprint density at radius 3 is 2.70 bits per heavy atom. The summed E-state index contributed by atoms with van der Waals surface area (Å²) in [4.78, 5) is 12.7. The molecular formula is C14H21N3O3. The molecule has 1 aromatic carbocycles. The summed E-state index contributed by atoms with van der Waals surface area (Å²) in [6.45, 7) is 3.85. The fourth-order valence-corrected chi connectivity index (χ4v) is 2.59. The van der Waals surface area contributed by atoms with E-state index >= 15 is 0 Å². The summed E-state index contributed by atoms with van der Waals surface area (Å²) in [5, 5.41) is 20.2. The summed E-state index contributed by atoms with van der Waals surface area (Å²) in [6, 6.07) is 4.14. The number of hydrogen-bond donors (Lipinski definition) is 2. The van der Waals surface area contributed by atoms with Crippen molar-refractivity contribution in [1.29, 1.82) is 0 Å². The number of nitro benzene ring substituents is 1. The normalized spacial score (nSPS) is 18.1.